The van der Waals surface area contributed by atoms with E-state index in [-0.39, 0.29) is 11.5 Å². The molecule has 0 spiro atoms. The molecule has 4 nitrogen and oxygen atoms in total. The molecule has 6 heteroatoms. The molecule has 1 aromatic carbocycles. The van der Waals surface area contributed by atoms with Gasteiger partial charge in [0, 0.05) is 18.8 Å². The number of aromatic nitrogens is 3. The lowest BCUT2D eigenvalue weighted by Gasteiger charge is -2.03. The third-order valence-corrected chi connectivity index (χ3v) is 3.51. The summed E-state index contributed by atoms with van der Waals surface area (Å²) in [5.74, 6) is -0.275. The van der Waals surface area contributed by atoms with E-state index >= 15 is 0 Å². The number of nitrogens with zero attached hydrogens (tertiary/aromatic N) is 3. The maximum Gasteiger partial charge on any atom is 0.229 e. The normalized spacial score (nSPS) is 11.1. The molecular formula is C16H15F2N3O. The predicted octanol–water partition coefficient (Wildman–Crippen LogP) is 3.74. The van der Waals surface area contributed by atoms with Gasteiger partial charge in [-0.25, -0.2) is 18.7 Å². The first-order valence-corrected chi connectivity index (χ1v) is 7.00. The number of hydrogen-bond donors (Lipinski definition) is 0. The molecule has 0 unspecified atom stereocenters. The lowest BCUT2D eigenvalue weighted by molar-refractivity contribution is 0.497. The summed E-state index contributed by atoms with van der Waals surface area (Å²) in [4.78, 5) is 8.56. The van der Waals surface area contributed by atoms with E-state index < -0.39 is 11.6 Å². The van der Waals surface area contributed by atoms with Crippen molar-refractivity contribution in [2.45, 2.75) is 26.8 Å². The van der Waals surface area contributed by atoms with Crippen LogP contribution in [0.25, 0.3) is 11.5 Å². The highest BCUT2D eigenvalue weighted by Crippen LogP contribution is 2.26. The predicted molar refractivity (Wildman–Crippen MR) is 77.3 cm³/mol. The second-order valence-corrected chi connectivity index (χ2v) is 4.95. The van der Waals surface area contributed by atoms with E-state index in [9.17, 15) is 8.78 Å². The molecule has 0 saturated heterocycles. The van der Waals surface area contributed by atoms with Crippen LogP contribution in [0.1, 0.15) is 24.2 Å². The van der Waals surface area contributed by atoms with E-state index in [0.29, 0.717) is 18.0 Å². The summed E-state index contributed by atoms with van der Waals surface area (Å²) in [6.45, 7) is 4.25. The number of imidazole rings is 1. The van der Waals surface area contributed by atoms with Gasteiger partial charge >= 0.3 is 0 Å². The average Bonchev–Trinajstić information content (AvgIpc) is 3.09. The van der Waals surface area contributed by atoms with Crippen LogP contribution in [0.15, 0.2) is 35.0 Å². The minimum atomic E-state index is -0.952. The largest absolute Gasteiger partial charge is 0.441 e. The lowest BCUT2D eigenvalue weighted by Crippen LogP contribution is -2.04. The summed E-state index contributed by atoms with van der Waals surface area (Å²) >= 11 is 0. The van der Waals surface area contributed by atoms with Gasteiger partial charge in [0.25, 0.3) is 0 Å². The number of benzene rings is 1. The van der Waals surface area contributed by atoms with Crippen molar-refractivity contribution in [1.29, 1.82) is 0 Å². The molecule has 0 aliphatic heterocycles. The molecule has 0 saturated carbocycles. The van der Waals surface area contributed by atoms with Crippen LogP contribution >= 0.6 is 0 Å². The van der Waals surface area contributed by atoms with Gasteiger partial charge in [-0.1, -0.05) is 13.0 Å². The molecule has 0 amide bonds. The molecule has 2 heterocycles. The van der Waals surface area contributed by atoms with Gasteiger partial charge in [-0.05, 0) is 19.1 Å². The minimum absolute atomic E-state index is 0.0238. The monoisotopic (exact) mass is 303 g/mol. The van der Waals surface area contributed by atoms with Gasteiger partial charge in [0.1, 0.15) is 17.3 Å². The first-order valence-electron chi connectivity index (χ1n) is 7.00. The number of hydrogen-bond acceptors (Lipinski definition) is 3. The van der Waals surface area contributed by atoms with Gasteiger partial charge in [0.05, 0.1) is 12.1 Å². The Morgan fingerprint density at radius 2 is 2.09 bits per heavy atom. The summed E-state index contributed by atoms with van der Waals surface area (Å²) in [5.41, 5.74) is 0.696. The van der Waals surface area contributed by atoms with E-state index in [0.717, 1.165) is 18.3 Å². The third-order valence-electron chi connectivity index (χ3n) is 3.51. The van der Waals surface area contributed by atoms with Crippen molar-refractivity contribution < 1.29 is 13.2 Å². The Kier molecular flexibility index (Phi) is 3.75. The SMILES string of the molecule is CCc1nccn1Cc1nc(-c2cccc(F)c2F)oc1C. The van der Waals surface area contributed by atoms with E-state index in [1.165, 1.54) is 12.1 Å². The molecule has 0 atom stereocenters. The van der Waals surface area contributed by atoms with Crippen molar-refractivity contribution in [2.75, 3.05) is 0 Å². The molecule has 3 aromatic rings. The van der Waals surface area contributed by atoms with Gasteiger partial charge < -0.3 is 8.98 Å². The van der Waals surface area contributed by atoms with Crippen LogP contribution in [0.5, 0.6) is 0 Å². The summed E-state index contributed by atoms with van der Waals surface area (Å²) in [7, 11) is 0. The third kappa shape index (κ3) is 2.52. The molecule has 0 aliphatic rings. The van der Waals surface area contributed by atoms with E-state index in [2.05, 4.69) is 9.97 Å². The Hall–Kier alpha value is -2.50. The Labute approximate surface area is 126 Å². The highest BCUT2D eigenvalue weighted by molar-refractivity contribution is 5.54. The van der Waals surface area contributed by atoms with Gasteiger partial charge in [-0.2, -0.15) is 0 Å². The summed E-state index contributed by atoms with van der Waals surface area (Å²) in [6, 6.07) is 3.94. The van der Waals surface area contributed by atoms with Crippen LogP contribution in [0.2, 0.25) is 0 Å². The van der Waals surface area contributed by atoms with E-state index in [1.54, 1.807) is 13.1 Å². The van der Waals surface area contributed by atoms with Gasteiger partial charge in [-0.3, -0.25) is 0 Å². The molecule has 0 radical (unpaired) electrons. The second kappa shape index (κ2) is 5.71. The van der Waals surface area contributed by atoms with Crippen molar-refractivity contribution in [1.82, 2.24) is 14.5 Å². The number of oxazole rings is 1. The van der Waals surface area contributed by atoms with Crippen molar-refractivity contribution in [3.63, 3.8) is 0 Å². The van der Waals surface area contributed by atoms with Gasteiger partial charge in [0.2, 0.25) is 5.89 Å². The minimum Gasteiger partial charge on any atom is -0.441 e. The fraction of sp³-hybridized carbons (Fsp3) is 0.250. The Bertz CT molecular complexity index is 808. The molecule has 0 aliphatic carbocycles. The van der Waals surface area contributed by atoms with Crippen LogP contribution in [0.4, 0.5) is 8.78 Å². The van der Waals surface area contributed by atoms with Crippen molar-refractivity contribution >= 4 is 0 Å². The molecule has 22 heavy (non-hydrogen) atoms. The maximum atomic E-state index is 13.8. The first kappa shape index (κ1) is 14.4. The Morgan fingerprint density at radius 3 is 2.86 bits per heavy atom. The van der Waals surface area contributed by atoms with Gasteiger partial charge in [-0.15, -0.1) is 0 Å². The molecule has 114 valence electrons. The van der Waals surface area contributed by atoms with E-state index in [1.807, 2.05) is 17.7 Å². The second-order valence-electron chi connectivity index (χ2n) is 4.95. The van der Waals surface area contributed by atoms with Gasteiger partial charge in [0.15, 0.2) is 11.6 Å². The highest BCUT2D eigenvalue weighted by Gasteiger charge is 2.17. The zero-order valence-corrected chi connectivity index (χ0v) is 12.3. The lowest BCUT2D eigenvalue weighted by atomic mass is 10.2. The van der Waals surface area contributed by atoms with E-state index in [4.69, 9.17) is 4.42 Å². The van der Waals surface area contributed by atoms with Crippen LogP contribution in [0.3, 0.4) is 0 Å². The number of rotatable bonds is 4. The summed E-state index contributed by atoms with van der Waals surface area (Å²) in [5, 5.41) is 0. The summed E-state index contributed by atoms with van der Waals surface area (Å²) in [6.07, 6.45) is 4.38. The van der Waals surface area contributed by atoms with Crippen LogP contribution in [-0.2, 0) is 13.0 Å². The first-order chi connectivity index (χ1) is 10.6. The molecule has 0 N–H and O–H groups in total. The van der Waals surface area contributed by atoms with Crippen LogP contribution < -0.4 is 0 Å². The van der Waals surface area contributed by atoms with Crippen LogP contribution in [-0.4, -0.2) is 14.5 Å². The number of halogens is 2. The van der Waals surface area contributed by atoms with Crippen molar-refractivity contribution in [3.8, 4) is 11.5 Å². The zero-order valence-electron chi connectivity index (χ0n) is 12.3. The summed E-state index contributed by atoms with van der Waals surface area (Å²) < 4.78 is 34.6. The average molecular weight is 303 g/mol. The number of aryl methyl sites for hydroxylation is 2. The Morgan fingerprint density at radius 1 is 1.27 bits per heavy atom. The molecule has 0 bridgehead atoms. The topological polar surface area (TPSA) is 43.9 Å². The molecule has 3 rings (SSSR count). The standard InChI is InChI=1S/C16H15F2N3O/c1-3-14-19-7-8-21(14)9-13-10(2)22-16(20-13)11-5-4-6-12(17)15(11)18/h4-8H,3,9H2,1-2H3. The molecule has 0 fully saturated rings. The highest BCUT2D eigenvalue weighted by atomic mass is 19.2. The fourth-order valence-electron chi connectivity index (χ4n) is 2.32. The smallest absolute Gasteiger partial charge is 0.229 e. The Balaban J connectivity index is 1.96. The quantitative estimate of drug-likeness (QED) is 0.737. The molecular weight excluding hydrogens is 288 g/mol. The maximum absolute atomic E-state index is 13.8. The molecule has 2 aromatic heterocycles. The fourth-order valence-corrected chi connectivity index (χ4v) is 2.32. The van der Waals surface area contributed by atoms with Crippen molar-refractivity contribution in [3.05, 3.63) is 59.5 Å². The van der Waals surface area contributed by atoms with Crippen LogP contribution in [0, 0.1) is 18.6 Å². The van der Waals surface area contributed by atoms with Crippen molar-refractivity contribution in [2.24, 2.45) is 0 Å². The zero-order chi connectivity index (χ0) is 15.7.